The Bertz CT molecular complexity index is 687. The molecule has 0 saturated heterocycles. The molecule has 1 amide bonds. The fourth-order valence-corrected chi connectivity index (χ4v) is 4.51. The topological polar surface area (TPSA) is 33.2 Å². The summed E-state index contributed by atoms with van der Waals surface area (Å²) in [5, 5.41) is 3.15. The van der Waals surface area contributed by atoms with Gasteiger partial charge in [-0.05, 0) is 37.2 Å². The van der Waals surface area contributed by atoms with Crippen molar-refractivity contribution in [2.75, 3.05) is 7.05 Å². The number of carbonyl (C=O) groups excluding carboxylic acids is 1. The van der Waals surface area contributed by atoms with Gasteiger partial charge in [-0.15, -0.1) is 11.3 Å². The molecule has 4 heteroatoms. The highest BCUT2D eigenvalue weighted by atomic mass is 32.1. The summed E-state index contributed by atoms with van der Waals surface area (Å²) in [4.78, 5) is 19.2. The van der Waals surface area contributed by atoms with Crippen LogP contribution < -0.4 is 0 Å². The summed E-state index contributed by atoms with van der Waals surface area (Å²) in [5.74, 6) is 1.27. The minimum atomic E-state index is 0.198. The van der Waals surface area contributed by atoms with Crippen LogP contribution in [0.4, 0.5) is 0 Å². The summed E-state index contributed by atoms with van der Waals surface area (Å²) >= 11 is 1.66. The Balaban J connectivity index is 1.53. The zero-order chi connectivity index (χ0) is 17.8. The molecule has 0 N–H and O–H groups in total. The van der Waals surface area contributed by atoms with Crippen molar-refractivity contribution in [3.8, 4) is 0 Å². The first-order valence-corrected chi connectivity index (χ1v) is 10.2. The lowest BCUT2D eigenvalue weighted by molar-refractivity contribution is -0.131. The summed E-state index contributed by atoms with van der Waals surface area (Å²) < 4.78 is 0. The van der Waals surface area contributed by atoms with E-state index in [9.17, 15) is 4.79 Å². The molecule has 1 aromatic heterocycles. The van der Waals surface area contributed by atoms with Gasteiger partial charge >= 0.3 is 0 Å². The highest BCUT2D eigenvalue weighted by Crippen LogP contribution is 2.34. The van der Waals surface area contributed by atoms with Crippen molar-refractivity contribution in [2.24, 2.45) is 0 Å². The molecule has 1 aliphatic carbocycles. The van der Waals surface area contributed by atoms with Crippen LogP contribution in [0.1, 0.15) is 67.6 Å². The van der Waals surface area contributed by atoms with E-state index < -0.39 is 0 Å². The van der Waals surface area contributed by atoms with Crippen molar-refractivity contribution in [2.45, 2.75) is 63.8 Å². The van der Waals surface area contributed by atoms with Crippen LogP contribution >= 0.6 is 11.3 Å². The Labute approximate surface area is 155 Å². The second-order valence-corrected chi connectivity index (χ2v) is 8.32. The van der Waals surface area contributed by atoms with Crippen molar-refractivity contribution in [1.82, 2.24) is 9.88 Å². The molecule has 25 heavy (non-hydrogen) atoms. The van der Waals surface area contributed by atoms with E-state index in [0.717, 1.165) is 23.5 Å². The molecule has 1 fully saturated rings. The van der Waals surface area contributed by atoms with Gasteiger partial charge in [-0.3, -0.25) is 4.79 Å². The fraction of sp³-hybridized carbons (Fsp3) is 0.524. The number of likely N-dealkylation sites (N-methyl/N-ethyl adjacent to an activating group) is 1. The molecule has 3 nitrogen and oxygen atoms in total. The van der Waals surface area contributed by atoms with E-state index in [2.05, 4.69) is 49.2 Å². The highest BCUT2D eigenvalue weighted by molar-refractivity contribution is 7.09. The van der Waals surface area contributed by atoms with Gasteiger partial charge < -0.3 is 4.90 Å². The van der Waals surface area contributed by atoms with Gasteiger partial charge in [0.2, 0.25) is 5.91 Å². The van der Waals surface area contributed by atoms with Gasteiger partial charge in [0.25, 0.3) is 0 Å². The second-order valence-electron chi connectivity index (χ2n) is 7.43. The molecule has 1 saturated carbocycles. The zero-order valence-electron chi connectivity index (χ0n) is 15.4. The number of nitrogens with zero attached hydrogens (tertiary/aromatic N) is 2. The van der Waals surface area contributed by atoms with E-state index >= 15 is 0 Å². The van der Waals surface area contributed by atoms with Crippen LogP contribution in [-0.2, 0) is 11.2 Å². The van der Waals surface area contributed by atoms with Crippen molar-refractivity contribution >= 4 is 17.2 Å². The first kappa shape index (κ1) is 18.1. The summed E-state index contributed by atoms with van der Waals surface area (Å²) in [6, 6.07) is 11.1. The Morgan fingerprint density at radius 3 is 2.48 bits per heavy atom. The minimum absolute atomic E-state index is 0.198. The largest absolute Gasteiger partial charge is 0.342 e. The SMILES string of the molecule is CC(C)c1nc(CC(=O)N(C)C2CCC(c3ccccc3)CC2)cs1. The number of hydrogen-bond acceptors (Lipinski definition) is 3. The molecule has 0 unspecified atom stereocenters. The standard InChI is InChI=1S/C21H28N2OS/c1-15(2)21-22-18(14-25-21)13-20(24)23(3)19-11-9-17(10-12-19)16-7-5-4-6-8-16/h4-8,14-15,17,19H,9-13H2,1-3H3. The van der Waals surface area contributed by atoms with Crippen LogP contribution in [0, 0.1) is 0 Å². The zero-order valence-corrected chi connectivity index (χ0v) is 16.3. The highest BCUT2D eigenvalue weighted by Gasteiger charge is 2.27. The van der Waals surface area contributed by atoms with Crippen LogP contribution in [0.15, 0.2) is 35.7 Å². The van der Waals surface area contributed by atoms with Crippen LogP contribution in [0.25, 0.3) is 0 Å². The van der Waals surface area contributed by atoms with Gasteiger partial charge in [-0.2, -0.15) is 0 Å². The monoisotopic (exact) mass is 356 g/mol. The van der Waals surface area contributed by atoms with E-state index in [1.807, 2.05) is 17.3 Å². The van der Waals surface area contributed by atoms with E-state index in [0.29, 0.717) is 24.3 Å². The van der Waals surface area contributed by atoms with Gasteiger partial charge in [-0.25, -0.2) is 4.98 Å². The van der Waals surface area contributed by atoms with Gasteiger partial charge in [0.15, 0.2) is 0 Å². The number of thiazole rings is 1. The fourth-order valence-electron chi connectivity index (χ4n) is 3.67. The number of benzene rings is 1. The summed E-state index contributed by atoms with van der Waals surface area (Å²) in [7, 11) is 1.96. The molecule has 0 radical (unpaired) electrons. The summed E-state index contributed by atoms with van der Waals surface area (Å²) in [5.41, 5.74) is 2.36. The average Bonchev–Trinajstić information content (AvgIpc) is 3.11. The Hall–Kier alpha value is -1.68. The predicted octanol–water partition coefficient (Wildman–Crippen LogP) is 4.99. The molecule has 0 spiro atoms. The quantitative estimate of drug-likeness (QED) is 0.756. The van der Waals surface area contributed by atoms with E-state index in [1.54, 1.807) is 11.3 Å². The van der Waals surface area contributed by atoms with Crippen molar-refractivity contribution in [3.63, 3.8) is 0 Å². The third-order valence-electron chi connectivity index (χ3n) is 5.30. The van der Waals surface area contributed by atoms with Crippen LogP contribution in [0.5, 0.6) is 0 Å². The van der Waals surface area contributed by atoms with Gasteiger partial charge in [0.05, 0.1) is 17.1 Å². The molecule has 2 aromatic rings. The Morgan fingerprint density at radius 1 is 1.20 bits per heavy atom. The summed E-state index contributed by atoms with van der Waals surface area (Å²) in [6.45, 7) is 4.28. The van der Waals surface area contributed by atoms with Crippen LogP contribution in [0.2, 0.25) is 0 Å². The number of aromatic nitrogens is 1. The maximum Gasteiger partial charge on any atom is 0.228 e. The third-order valence-corrected chi connectivity index (χ3v) is 6.50. The lowest BCUT2D eigenvalue weighted by Gasteiger charge is -2.35. The van der Waals surface area contributed by atoms with Gasteiger partial charge in [0, 0.05) is 24.4 Å². The molecule has 134 valence electrons. The normalized spacial score (nSPS) is 20.6. The molecule has 3 rings (SSSR count). The number of carbonyl (C=O) groups is 1. The average molecular weight is 357 g/mol. The number of rotatable bonds is 5. The van der Waals surface area contributed by atoms with Crippen LogP contribution in [-0.4, -0.2) is 28.9 Å². The first-order valence-electron chi connectivity index (χ1n) is 9.29. The second kappa shape index (κ2) is 8.13. The molecule has 1 aliphatic rings. The molecular weight excluding hydrogens is 328 g/mol. The number of hydrogen-bond donors (Lipinski definition) is 0. The third kappa shape index (κ3) is 4.49. The van der Waals surface area contributed by atoms with E-state index in [4.69, 9.17) is 0 Å². The van der Waals surface area contributed by atoms with E-state index in [1.165, 1.54) is 18.4 Å². The molecule has 0 aliphatic heterocycles. The van der Waals surface area contributed by atoms with Crippen molar-refractivity contribution in [1.29, 1.82) is 0 Å². The van der Waals surface area contributed by atoms with Gasteiger partial charge in [0.1, 0.15) is 0 Å². The van der Waals surface area contributed by atoms with Crippen LogP contribution in [0.3, 0.4) is 0 Å². The van der Waals surface area contributed by atoms with Crippen molar-refractivity contribution < 1.29 is 4.79 Å². The molecule has 1 heterocycles. The molecular formula is C21H28N2OS. The molecule has 1 aromatic carbocycles. The molecule has 0 bridgehead atoms. The smallest absolute Gasteiger partial charge is 0.228 e. The van der Waals surface area contributed by atoms with E-state index in [-0.39, 0.29) is 5.91 Å². The molecule has 0 atom stereocenters. The predicted molar refractivity (Wildman–Crippen MR) is 104 cm³/mol. The number of amides is 1. The maximum atomic E-state index is 12.6. The van der Waals surface area contributed by atoms with Crippen molar-refractivity contribution in [3.05, 3.63) is 52.0 Å². The lowest BCUT2D eigenvalue weighted by atomic mass is 9.81. The Morgan fingerprint density at radius 2 is 1.88 bits per heavy atom. The summed E-state index contributed by atoms with van der Waals surface area (Å²) in [6.07, 6.45) is 4.95. The Kier molecular flexibility index (Phi) is 5.89. The minimum Gasteiger partial charge on any atom is -0.342 e. The lowest BCUT2D eigenvalue weighted by Crippen LogP contribution is -2.40. The maximum absolute atomic E-state index is 12.6. The van der Waals surface area contributed by atoms with Gasteiger partial charge in [-0.1, -0.05) is 44.2 Å². The first-order chi connectivity index (χ1) is 12.0.